The molecule has 0 spiro atoms. The Kier molecular flexibility index (Phi) is 6.86. The third-order valence-electron chi connectivity index (χ3n) is 8.89. The van der Waals surface area contributed by atoms with Crippen LogP contribution in [0.15, 0.2) is 108 Å². The first kappa shape index (κ1) is 28.4. The van der Waals surface area contributed by atoms with Gasteiger partial charge in [0.2, 0.25) is 0 Å². The summed E-state index contributed by atoms with van der Waals surface area (Å²) >= 11 is 0. The van der Waals surface area contributed by atoms with E-state index >= 15 is 0 Å². The molecule has 5 aromatic carbocycles. The van der Waals surface area contributed by atoms with Crippen LogP contribution in [-0.2, 0) is 0 Å². The number of fused-ring (bicyclic) bond motifs is 4. The zero-order valence-electron chi connectivity index (χ0n) is 26.8. The fourth-order valence-corrected chi connectivity index (χ4v) is 7.63. The molecule has 0 fully saturated rings. The van der Waals surface area contributed by atoms with E-state index in [4.69, 9.17) is 9.40 Å². The lowest BCUT2D eigenvalue weighted by Crippen LogP contribution is -2.37. The van der Waals surface area contributed by atoms with E-state index in [0.29, 0.717) is 11.8 Å². The Hall–Kier alpha value is -4.41. The van der Waals surface area contributed by atoms with Crippen LogP contribution in [0.25, 0.3) is 61.2 Å². The lowest BCUT2D eigenvalue weighted by molar-refractivity contribution is 0.669. The van der Waals surface area contributed by atoms with E-state index in [2.05, 4.69) is 155 Å². The van der Waals surface area contributed by atoms with Crippen LogP contribution >= 0.6 is 0 Å². The average molecular weight is 593 g/mol. The molecular weight excluding hydrogens is 553 g/mol. The minimum atomic E-state index is -1.69. The van der Waals surface area contributed by atoms with Crippen molar-refractivity contribution in [1.29, 1.82) is 0 Å². The molecule has 220 valence electrons. The molecule has 0 atom stereocenters. The fraction of sp³-hybridized carbons (Fsp3) is 0.225. The van der Waals surface area contributed by atoms with Gasteiger partial charge in [0, 0.05) is 10.8 Å². The number of hydrogen-bond donors (Lipinski definition) is 0. The number of rotatable bonds is 6. The molecule has 2 aromatic heterocycles. The van der Waals surface area contributed by atoms with Crippen LogP contribution < -0.4 is 5.19 Å². The van der Waals surface area contributed by atoms with Crippen molar-refractivity contribution in [3.8, 4) is 28.2 Å². The average Bonchev–Trinajstić information content (AvgIpc) is 3.58. The van der Waals surface area contributed by atoms with Crippen molar-refractivity contribution in [3.05, 3.63) is 114 Å². The van der Waals surface area contributed by atoms with Crippen LogP contribution in [0.1, 0.15) is 50.7 Å². The third-order valence-corrected chi connectivity index (χ3v) is 10.9. The van der Waals surface area contributed by atoms with Gasteiger partial charge in [0.05, 0.1) is 30.4 Å². The summed E-state index contributed by atoms with van der Waals surface area (Å²) in [7, 11) is -1.69. The molecule has 4 heteroatoms. The van der Waals surface area contributed by atoms with Crippen LogP contribution in [0.4, 0.5) is 0 Å². The molecule has 0 saturated heterocycles. The Labute approximate surface area is 261 Å². The summed E-state index contributed by atoms with van der Waals surface area (Å²) in [5.74, 6) is 1.55. The molecule has 0 bridgehead atoms. The first-order valence-electron chi connectivity index (χ1n) is 15.8. The number of hydrogen-bond acceptors (Lipinski definition) is 2. The maximum Gasteiger partial charge on any atom is 0.149 e. The molecule has 0 N–H and O–H groups in total. The molecule has 0 unspecified atom stereocenters. The molecule has 44 heavy (non-hydrogen) atoms. The van der Waals surface area contributed by atoms with E-state index in [1.165, 1.54) is 38.5 Å². The van der Waals surface area contributed by atoms with Gasteiger partial charge >= 0.3 is 0 Å². The molecule has 0 aliphatic heterocycles. The van der Waals surface area contributed by atoms with Crippen molar-refractivity contribution >= 4 is 46.2 Å². The van der Waals surface area contributed by atoms with Gasteiger partial charge in [-0.2, -0.15) is 0 Å². The van der Waals surface area contributed by atoms with Crippen molar-refractivity contribution in [1.82, 2.24) is 9.55 Å². The van der Waals surface area contributed by atoms with Crippen LogP contribution in [0.5, 0.6) is 0 Å². The van der Waals surface area contributed by atoms with Crippen molar-refractivity contribution in [3.63, 3.8) is 0 Å². The number of benzene rings is 5. The van der Waals surface area contributed by atoms with E-state index in [1.807, 2.05) is 0 Å². The second kappa shape index (κ2) is 10.6. The van der Waals surface area contributed by atoms with Gasteiger partial charge in [-0.25, -0.2) is 4.98 Å². The first-order chi connectivity index (χ1) is 21.1. The summed E-state index contributed by atoms with van der Waals surface area (Å²) in [6, 6.07) is 37.3. The first-order valence-corrected chi connectivity index (χ1v) is 19.3. The van der Waals surface area contributed by atoms with Gasteiger partial charge in [0.1, 0.15) is 17.0 Å². The number of furan rings is 1. The lowest BCUT2D eigenvalue weighted by Gasteiger charge is -2.25. The Morgan fingerprint density at radius 2 is 1.30 bits per heavy atom. The molecule has 0 aliphatic carbocycles. The maximum atomic E-state index is 6.69. The predicted octanol–water partition coefficient (Wildman–Crippen LogP) is 11.1. The second-order valence-electron chi connectivity index (χ2n) is 13.7. The normalized spacial score (nSPS) is 12.4. The highest BCUT2D eigenvalue weighted by Crippen LogP contribution is 2.42. The molecule has 0 radical (unpaired) electrons. The van der Waals surface area contributed by atoms with Gasteiger partial charge in [-0.1, -0.05) is 119 Å². The summed E-state index contributed by atoms with van der Waals surface area (Å²) in [6.45, 7) is 16.5. The smallest absolute Gasteiger partial charge is 0.149 e. The monoisotopic (exact) mass is 592 g/mol. The van der Waals surface area contributed by atoms with Crippen LogP contribution in [0, 0.1) is 0 Å². The molecule has 2 heterocycles. The summed E-state index contributed by atoms with van der Waals surface area (Å²) in [4.78, 5) is 5.40. The topological polar surface area (TPSA) is 31.0 Å². The second-order valence-corrected chi connectivity index (χ2v) is 18.8. The van der Waals surface area contributed by atoms with E-state index in [9.17, 15) is 0 Å². The number of para-hydroxylation sites is 3. The van der Waals surface area contributed by atoms with Crippen LogP contribution in [0.2, 0.25) is 19.6 Å². The van der Waals surface area contributed by atoms with Crippen molar-refractivity contribution in [2.24, 2.45) is 0 Å². The lowest BCUT2D eigenvalue weighted by atomic mass is 9.88. The van der Waals surface area contributed by atoms with Gasteiger partial charge in [-0.05, 0) is 70.5 Å². The number of aromatic nitrogens is 2. The highest BCUT2D eigenvalue weighted by atomic mass is 28.3. The minimum Gasteiger partial charge on any atom is -0.455 e. The highest BCUT2D eigenvalue weighted by molar-refractivity contribution is 6.89. The van der Waals surface area contributed by atoms with Crippen molar-refractivity contribution in [2.75, 3.05) is 0 Å². The quantitative estimate of drug-likeness (QED) is 0.180. The van der Waals surface area contributed by atoms with Gasteiger partial charge in [0.25, 0.3) is 0 Å². The molecule has 3 nitrogen and oxygen atoms in total. The Morgan fingerprint density at radius 1 is 0.659 bits per heavy atom. The Bertz CT molecular complexity index is 2130. The van der Waals surface area contributed by atoms with Gasteiger partial charge in [-0.3, -0.25) is 4.57 Å². The van der Waals surface area contributed by atoms with Crippen LogP contribution in [-0.4, -0.2) is 17.6 Å². The molecule has 0 saturated carbocycles. The standard InChI is InChI=1S/C40H40N2OSi/c1-25(2)31-21-28(27-15-9-8-10-16-27)22-32(26(3)4)38(31)42-36-19-13-12-18-35(36)41-40(42)34-24-29(44(5,6)7)23-33-30-17-11-14-20-37(30)43-39(33)34/h8-26H,1-7H3. The number of nitrogens with zero attached hydrogens (tertiary/aromatic N) is 2. The summed E-state index contributed by atoms with van der Waals surface area (Å²) < 4.78 is 9.12. The Balaban J connectivity index is 1.63. The van der Waals surface area contributed by atoms with E-state index in [1.54, 1.807) is 0 Å². The Morgan fingerprint density at radius 3 is 1.98 bits per heavy atom. The third kappa shape index (κ3) is 4.69. The van der Waals surface area contributed by atoms with E-state index in [0.717, 1.165) is 39.0 Å². The molecule has 0 aliphatic rings. The van der Waals surface area contributed by atoms with Gasteiger partial charge in [-0.15, -0.1) is 0 Å². The van der Waals surface area contributed by atoms with Crippen LogP contribution in [0.3, 0.4) is 0 Å². The van der Waals surface area contributed by atoms with E-state index < -0.39 is 8.07 Å². The van der Waals surface area contributed by atoms with E-state index in [-0.39, 0.29) is 0 Å². The largest absolute Gasteiger partial charge is 0.455 e. The molecule has 7 aromatic rings. The SMILES string of the molecule is CC(C)c1cc(-c2ccccc2)cc(C(C)C)c1-n1c(-c2cc([Si](C)(C)C)cc3c2oc2ccccc23)nc2ccccc21. The zero-order chi connectivity index (χ0) is 30.7. The molecular formula is C40H40N2OSi. The van der Waals surface area contributed by atoms with Gasteiger partial charge in [0.15, 0.2) is 0 Å². The summed E-state index contributed by atoms with van der Waals surface area (Å²) in [6.07, 6.45) is 0. The molecule has 0 amide bonds. The summed E-state index contributed by atoms with van der Waals surface area (Å²) in [5, 5.41) is 3.73. The molecule has 7 rings (SSSR count). The maximum absolute atomic E-state index is 6.69. The number of imidazole rings is 1. The predicted molar refractivity (Wildman–Crippen MR) is 190 cm³/mol. The zero-order valence-corrected chi connectivity index (χ0v) is 27.8. The van der Waals surface area contributed by atoms with Crippen molar-refractivity contribution < 1.29 is 4.42 Å². The van der Waals surface area contributed by atoms with Gasteiger partial charge < -0.3 is 4.42 Å². The highest BCUT2D eigenvalue weighted by Gasteiger charge is 2.27. The van der Waals surface area contributed by atoms with Crippen molar-refractivity contribution in [2.45, 2.75) is 59.2 Å². The minimum absolute atomic E-state index is 0.305. The summed E-state index contributed by atoms with van der Waals surface area (Å²) in [5.41, 5.74) is 11.4. The fourth-order valence-electron chi connectivity index (χ4n) is 6.47.